The van der Waals surface area contributed by atoms with Gasteiger partial charge in [-0.25, -0.2) is 4.98 Å². The first kappa shape index (κ1) is 20.9. The summed E-state index contributed by atoms with van der Waals surface area (Å²) in [6.45, 7) is 4.27. The van der Waals surface area contributed by atoms with E-state index in [1.165, 1.54) is 11.8 Å². The number of thioether (sulfide) groups is 1. The first-order chi connectivity index (χ1) is 15.1. The summed E-state index contributed by atoms with van der Waals surface area (Å²) in [4.78, 5) is 29.8. The molecule has 2 aromatic carbocycles. The number of hydrogen-bond donors (Lipinski definition) is 0. The second-order valence-electron chi connectivity index (χ2n) is 6.98. The lowest BCUT2D eigenvalue weighted by Gasteiger charge is -2.14. The number of rotatable bonds is 8. The Morgan fingerprint density at radius 1 is 1.16 bits per heavy atom. The Hall–Kier alpha value is -3.32. The lowest BCUT2D eigenvalue weighted by atomic mass is 10.1. The van der Waals surface area contributed by atoms with Crippen LogP contribution in [0.15, 0.2) is 75.2 Å². The van der Waals surface area contributed by atoms with Crippen LogP contribution in [0.4, 0.5) is 0 Å². The summed E-state index contributed by atoms with van der Waals surface area (Å²) in [6.07, 6.45) is 1.59. The van der Waals surface area contributed by atoms with Gasteiger partial charge in [-0.15, -0.1) is 0 Å². The van der Waals surface area contributed by atoms with Gasteiger partial charge in [-0.1, -0.05) is 23.9 Å². The van der Waals surface area contributed by atoms with Crippen LogP contribution in [0.1, 0.15) is 35.5 Å². The van der Waals surface area contributed by atoms with Crippen LogP contribution in [0.3, 0.4) is 0 Å². The molecule has 0 spiro atoms. The molecule has 6 nitrogen and oxygen atoms in total. The van der Waals surface area contributed by atoms with E-state index >= 15 is 0 Å². The molecule has 0 aliphatic carbocycles. The van der Waals surface area contributed by atoms with Crippen molar-refractivity contribution in [3.8, 4) is 5.75 Å². The Labute approximate surface area is 183 Å². The van der Waals surface area contributed by atoms with Crippen molar-refractivity contribution in [2.75, 3.05) is 6.61 Å². The van der Waals surface area contributed by atoms with Crippen LogP contribution >= 0.6 is 11.8 Å². The molecule has 0 unspecified atom stereocenters. The smallest absolute Gasteiger partial charge is 0.262 e. The maximum Gasteiger partial charge on any atom is 0.262 e. The molecule has 2 heterocycles. The van der Waals surface area contributed by atoms with Crippen molar-refractivity contribution >= 4 is 28.4 Å². The Morgan fingerprint density at radius 2 is 2.00 bits per heavy atom. The normalized spacial score (nSPS) is 11.0. The van der Waals surface area contributed by atoms with Gasteiger partial charge in [0, 0.05) is 16.9 Å². The second-order valence-corrected chi connectivity index (χ2v) is 7.93. The fraction of sp³-hybridized carbons (Fsp3) is 0.208. The average molecular weight is 435 g/mol. The van der Waals surface area contributed by atoms with Crippen LogP contribution in [-0.4, -0.2) is 21.9 Å². The number of benzene rings is 2. The van der Waals surface area contributed by atoms with Gasteiger partial charge in [-0.3, -0.25) is 14.2 Å². The maximum absolute atomic E-state index is 13.2. The monoisotopic (exact) mass is 434 g/mol. The molecule has 0 atom stereocenters. The van der Waals surface area contributed by atoms with Gasteiger partial charge in [0.05, 0.1) is 30.3 Å². The standard InChI is InChI=1S/C24H22N2O4S/c1-3-29-22-11-10-17(16(2)27)13-18(22)15-31-24-25-21-9-5-4-8-20(21)23(28)26(24)14-19-7-6-12-30-19/h4-13H,3,14-15H2,1-2H3. The Balaban J connectivity index is 1.73. The van der Waals surface area contributed by atoms with Crippen LogP contribution in [0, 0.1) is 0 Å². The van der Waals surface area contributed by atoms with E-state index < -0.39 is 0 Å². The van der Waals surface area contributed by atoms with E-state index in [-0.39, 0.29) is 17.9 Å². The van der Waals surface area contributed by atoms with Gasteiger partial charge in [0.25, 0.3) is 5.56 Å². The van der Waals surface area contributed by atoms with Crippen LogP contribution in [-0.2, 0) is 12.3 Å². The van der Waals surface area contributed by atoms with Crippen molar-refractivity contribution in [1.29, 1.82) is 0 Å². The lowest BCUT2D eigenvalue weighted by Crippen LogP contribution is -2.23. The lowest BCUT2D eigenvalue weighted by molar-refractivity contribution is 0.101. The maximum atomic E-state index is 13.2. The molecule has 0 radical (unpaired) electrons. The second kappa shape index (κ2) is 9.22. The number of Topliss-reactive ketones (excluding diaryl/α,β-unsaturated/α-hetero) is 1. The summed E-state index contributed by atoms with van der Waals surface area (Å²) in [5.74, 6) is 1.89. The molecule has 0 aliphatic heterocycles. The highest BCUT2D eigenvalue weighted by Crippen LogP contribution is 2.29. The van der Waals surface area contributed by atoms with E-state index in [1.807, 2.05) is 43.3 Å². The number of fused-ring (bicyclic) bond motifs is 1. The molecule has 0 amide bonds. The quantitative estimate of drug-likeness (QED) is 0.222. The van der Waals surface area contributed by atoms with Crippen LogP contribution < -0.4 is 10.3 Å². The summed E-state index contributed by atoms with van der Waals surface area (Å²) >= 11 is 1.43. The van der Waals surface area contributed by atoms with Crippen LogP contribution in [0.25, 0.3) is 10.9 Å². The number of furan rings is 1. The highest BCUT2D eigenvalue weighted by Gasteiger charge is 2.15. The third-order valence-corrected chi connectivity index (χ3v) is 5.87. The molecule has 0 N–H and O–H groups in total. The summed E-state index contributed by atoms with van der Waals surface area (Å²) in [5.41, 5.74) is 2.03. The highest BCUT2D eigenvalue weighted by molar-refractivity contribution is 7.98. The van der Waals surface area contributed by atoms with Crippen LogP contribution in [0.2, 0.25) is 0 Å². The average Bonchev–Trinajstić information content (AvgIpc) is 3.28. The molecular weight excluding hydrogens is 412 g/mol. The molecule has 0 aliphatic rings. The van der Waals surface area contributed by atoms with Gasteiger partial charge >= 0.3 is 0 Å². The van der Waals surface area contributed by atoms with Crippen molar-refractivity contribution < 1.29 is 13.9 Å². The first-order valence-electron chi connectivity index (χ1n) is 9.98. The Morgan fingerprint density at radius 3 is 2.74 bits per heavy atom. The minimum absolute atomic E-state index is 0.00661. The molecule has 0 saturated heterocycles. The topological polar surface area (TPSA) is 74.3 Å². The fourth-order valence-corrected chi connectivity index (χ4v) is 4.28. The van der Waals surface area contributed by atoms with E-state index in [2.05, 4.69) is 0 Å². The van der Waals surface area contributed by atoms with E-state index in [0.29, 0.717) is 39.7 Å². The van der Waals surface area contributed by atoms with Crippen LogP contribution in [0.5, 0.6) is 5.75 Å². The number of para-hydroxylation sites is 1. The van der Waals surface area contributed by atoms with Gasteiger partial charge in [-0.2, -0.15) is 0 Å². The molecule has 7 heteroatoms. The van der Waals surface area contributed by atoms with Crippen molar-refractivity contribution in [2.45, 2.75) is 31.3 Å². The van der Waals surface area contributed by atoms with E-state index in [0.717, 1.165) is 11.3 Å². The Bertz CT molecular complexity index is 1280. The SMILES string of the molecule is CCOc1ccc(C(C)=O)cc1CSc1nc2ccccc2c(=O)n1Cc1ccco1. The summed E-state index contributed by atoms with van der Waals surface area (Å²) < 4.78 is 12.8. The summed E-state index contributed by atoms with van der Waals surface area (Å²) in [6, 6.07) is 16.4. The number of carbonyl (C=O) groups excluding carboxylic acids is 1. The number of hydrogen-bond acceptors (Lipinski definition) is 6. The van der Waals surface area contributed by atoms with Gasteiger partial charge in [0.15, 0.2) is 10.9 Å². The molecule has 0 saturated carbocycles. The minimum Gasteiger partial charge on any atom is -0.494 e. The zero-order valence-corrected chi connectivity index (χ0v) is 18.1. The zero-order valence-electron chi connectivity index (χ0n) is 17.3. The third kappa shape index (κ3) is 4.56. The zero-order chi connectivity index (χ0) is 21.8. The minimum atomic E-state index is -0.119. The highest BCUT2D eigenvalue weighted by atomic mass is 32.2. The largest absolute Gasteiger partial charge is 0.494 e. The van der Waals surface area contributed by atoms with Gasteiger partial charge in [-0.05, 0) is 56.3 Å². The molecular formula is C24H22N2O4S. The van der Waals surface area contributed by atoms with E-state index in [4.69, 9.17) is 14.1 Å². The van der Waals surface area contributed by atoms with Crippen molar-refractivity contribution in [3.63, 3.8) is 0 Å². The molecule has 0 fully saturated rings. The van der Waals surface area contributed by atoms with Crippen molar-refractivity contribution in [2.24, 2.45) is 0 Å². The molecule has 31 heavy (non-hydrogen) atoms. The van der Waals surface area contributed by atoms with E-state index in [9.17, 15) is 9.59 Å². The number of ketones is 1. The predicted octanol–water partition coefficient (Wildman–Crippen LogP) is 4.93. The predicted molar refractivity (Wildman–Crippen MR) is 121 cm³/mol. The molecule has 0 bridgehead atoms. The summed E-state index contributed by atoms with van der Waals surface area (Å²) in [7, 11) is 0. The molecule has 2 aromatic heterocycles. The van der Waals surface area contributed by atoms with E-state index in [1.54, 1.807) is 36.0 Å². The molecule has 4 rings (SSSR count). The van der Waals surface area contributed by atoms with Crippen molar-refractivity contribution in [1.82, 2.24) is 9.55 Å². The number of nitrogens with zero attached hydrogens (tertiary/aromatic N) is 2. The number of carbonyl (C=O) groups is 1. The fourth-order valence-electron chi connectivity index (χ4n) is 3.31. The first-order valence-corrected chi connectivity index (χ1v) is 11.0. The molecule has 158 valence electrons. The number of aromatic nitrogens is 2. The van der Waals surface area contributed by atoms with Gasteiger partial charge in [0.2, 0.25) is 0 Å². The van der Waals surface area contributed by atoms with Crippen molar-refractivity contribution in [3.05, 3.63) is 88.1 Å². The van der Waals surface area contributed by atoms with Gasteiger partial charge < -0.3 is 9.15 Å². The molecule has 4 aromatic rings. The third-order valence-electron chi connectivity index (χ3n) is 4.84. The summed E-state index contributed by atoms with van der Waals surface area (Å²) in [5, 5.41) is 1.14. The number of ether oxygens (including phenoxy) is 1. The van der Waals surface area contributed by atoms with Gasteiger partial charge in [0.1, 0.15) is 11.5 Å². The Kier molecular flexibility index (Phi) is 6.23.